The molecule has 0 saturated heterocycles. The molecule has 0 atom stereocenters. The van der Waals surface area contributed by atoms with Gasteiger partial charge in [0.1, 0.15) is 5.65 Å². The second-order valence-corrected chi connectivity index (χ2v) is 4.59. The Kier molecular flexibility index (Phi) is 2.15. The molecule has 2 aromatic heterocycles. The summed E-state index contributed by atoms with van der Waals surface area (Å²) in [5, 5.41) is 2.53. The molecule has 0 fully saturated rings. The monoisotopic (exact) mass is 244 g/mol. The summed E-state index contributed by atoms with van der Waals surface area (Å²) in [6.45, 7) is 0. The van der Waals surface area contributed by atoms with Gasteiger partial charge in [-0.2, -0.15) is 0 Å². The van der Waals surface area contributed by atoms with Crippen LogP contribution in [0.5, 0.6) is 0 Å². The number of fused-ring (bicyclic) bond motifs is 2. The van der Waals surface area contributed by atoms with Gasteiger partial charge < -0.3 is 0 Å². The molecule has 0 N–H and O–H groups in total. The Morgan fingerprint density at radius 2 is 1.63 bits per heavy atom. The predicted octanol–water partition coefficient (Wildman–Crippen LogP) is 4.15. The molecule has 4 rings (SSSR count). The molecule has 0 radical (unpaired) electrons. The minimum atomic E-state index is 0.977. The van der Waals surface area contributed by atoms with E-state index in [0.717, 1.165) is 5.65 Å². The number of imidazole rings is 1. The van der Waals surface area contributed by atoms with Crippen molar-refractivity contribution >= 4 is 16.4 Å². The fourth-order valence-electron chi connectivity index (χ4n) is 2.62. The molecular weight excluding hydrogens is 232 g/mol. The highest BCUT2D eigenvalue weighted by atomic mass is 15.0. The Morgan fingerprint density at radius 3 is 2.63 bits per heavy atom. The van der Waals surface area contributed by atoms with E-state index in [2.05, 4.69) is 64.0 Å². The molecule has 0 aliphatic rings. The maximum absolute atomic E-state index is 4.35. The molecule has 2 heteroatoms. The van der Waals surface area contributed by atoms with Crippen LogP contribution in [0.3, 0.4) is 0 Å². The van der Waals surface area contributed by atoms with Gasteiger partial charge in [0.05, 0.1) is 5.69 Å². The van der Waals surface area contributed by atoms with E-state index in [4.69, 9.17) is 0 Å². The third-order valence-electron chi connectivity index (χ3n) is 3.49. The van der Waals surface area contributed by atoms with Gasteiger partial charge in [-0.3, -0.25) is 4.40 Å². The average molecular weight is 244 g/mol. The molecular formula is C17H12N2. The van der Waals surface area contributed by atoms with Gasteiger partial charge in [0.25, 0.3) is 0 Å². The van der Waals surface area contributed by atoms with E-state index in [9.17, 15) is 0 Å². The number of hydrogen-bond acceptors (Lipinski definition) is 1. The van der Waals surface area contributed by atoms with Gasteiger partial charge in [-0.25, -0.2) is 4.98 Å². The van der Waals surface area contributed by atoms with Gasteiger partial charge in [0, 0.05) is 18.0 Å². The summed E-state index contributed by atoms with van der Waals surface area (Å²) < 4.78 is 2.13. The first-order valence-electron chi connectivity index (χ1n) is 6.34. The largest absolute Gasteiger partial charge is 0.300 e. The van der Waals surface area contributed by atoms with E-state index in [0.29, 0.717) is 0 Å². The van der Waals surface area contributed by atoms with Crippen LogP contribution in [-0.4, -0.2) is 9.38 Å². The van der Waals surface area contributed by atoms with Gasteiger partial charge in [0.2, 0.25) is 0 Å². The average Bonchev–Trinajstić information content (AvgIpc) is 2.95. The molecule has 19 heavy (non-hydrogen) atoms. The lowest BCUT2D eigenvalue weighted by Gasteiger charge is -2.09. The SMILES string of the molecule is c1ccc2c(-c3cccc4nccn34)cccc2c1. The molecule has 4 aromatic rings. The van der Waals surface area contributed by atoms with Crippen molar-refractivity contribution in [3.05, 3.63) is 73.1 Å². The zero-order chi connectivity index (χ0) is 12.7. The number of pyridine rings is 1. The van der Waals surface area contributed by atoms with E-state index in [1.165, 1.54) is 22.0 Å². The van der Waals surface area contributed by atoms with Crippen LogP contribution >= 0.6 is 0 Å². The molecule has 2 heterocycles. The van der Waals surface area contributed by atoms with Crippen molar-refractivity contribution < 1.29 is 0 Å². The highest BCUT2D eigenvalue weighted by molar-refractivity contribution is 5.96. The smallest absolute Gasteiger partial charge is 0.137 e. The van der Waals surface area contributed by atoms with E-state index in [1.54, 1.807) is 0 Å². The van der Waals surface area contributed by atoms with E-state index < -0.39 is 0 Å². The lowest BCUT2D eigenvalue weighted by molar-refractivity contribution is 1.20. The molecule has 0 amide bonds. The van der Waals surface area contributed by atoms with Crippen LogP contribution in [0.25, 0.3) is 27.7 Å². The topological polar surface area (TPSA) is 17.3 Å². The number of aromatic nitrogens is 2. The number of rotatable bonds is 1. The first kappa shape index (κ1) is 10.3. The summed E-state index contributed by atoms with van der Waals surface area (Å²) in [4.78, 5) is 4.35. The van der Waals surface area contributed by atoms with Crippen molar-refractivity contribution in [3.63, 3.8) is 0 Å². The van der Waals surface area contributed by atoms with E-state index in [1.807, 2.05) is 18.5 Å². The van der Waals surface area contributed by atoms with Gasteiger partial charge in [-0.05, 0) is 22.9 Å². The third kappa shape index (κ3) is 1.54. The lowest BCUT2D eigenvalue weighted by atomic mass is 10.0. The van der Waals surface area contributed by atoms with Crippen LogP contribution in [0.4, 0.5) is 0 Å². The Labute approximate surface area is 111 Å². The van der Waals surface area contributed by atoms with Gasteiger partial charge in [-0.1, -0.05) is 48.5 Å². The minimum Gasteiger partial charge on any atom is -0.300 e. The molecule has 0 aliphatic heterocycles. The highest BCUT2D eigenvalue weighted by Gasteiger charge is 2.06. The Balaban J connectivity index is 2.12. The molecule has 0 spiro atoms. The van der Waals surface area contributed by atoms with Crippen LogP contribution in [0.15, 0.2) is 73.1 Å². The second kappa shape index (κ2) is 3.95. The van der Waals surface area contributed by atoms with Gasteiger partial charge in [-0.15, -0.1) is 0 Å². The van der Waals surface area contributed by atoms with Crippen LogP contribution in [-0.2, 0) is 0 Å². The van der Waals surface area contributed by atoms with Gasteiger partial charge >= 0.3 is 0 Å². The fourth-order valence-corrected chi connectivity index (χ4v) is 2.62. The quantitative estimate of drug-likeness (QED) is 0.491. The number of benzene rings is 2. The predicted molar refractivity (Wildman–Crippen MR) is 78.1 cm³/mol. The summed E-state index contributed by atoms with van der Waals surface area (Å²) in [7, 11) is 0. The summed E-state index contributed by atoms with van der Waals surface area (Å²) >= 11 is 0. The van der Waals surface area contributed by atoms with Crippen LogP contribution in [0.1, 0.15) is 0 Å². The first-order chi connectivity index (χ1) is 9.43. The molecule has 0 aliphatic carbocycles. The molecule has 2 nitrogen and oxygen atoms in total. The van der Waals surface area contributed by atoms with E-state index >= 15 is 0 Å². The molecule has 0 bridgehead atoms. The van der Waals surface area contributed by atoms with Crippen molar-refractivity contribution in [2.75, 3.05) is 0 Å². The van der Waals surface area contributed by atoms with Crippen molar-refractivity contribution in [2.24, 2.45) is 0 Å². The highest BCUT2D eigenvalue weighted by Crippen LogP contribution is 2.28. The Bertz CT molecular complexity index is 869. The van der Waals surface area contributed by atoms with Crippen molar-refractivity contribution in [1.82, 2.24) is 9.38 Å². The number of hydrogen-bond donors (Lipinski definition) is 0. The normalized spacial score (nSPS) is 11.2. The number of nitrogens with zero attached hydrogens (tertiary/aromatic N) is 2. The maximum Gasteiger partial charge on any atom is 0.137 e. The van der Waals surface area contributed by atoms with E-state index in [-0.39, 0.29) is 0 Å². The van der Waals surface area contributed by atoms with Gasteiger partial charge in [0.15, 0.2) is 0 Å². The molecule has 0 unspecified atom stereocenters. The Morgan fingerprint density at radius 1 is 0.789 bits per heavy atom. The van der Waals surface area contributed by atoms with Crippen molar-refractivity contribution in [3.8, 4) is 11.3 Å². The first-order valence-corrected chi connectivity index (χ1v) is 6.34. The minimum absolute atomic E-state index is 0.977. The standard InChI is InChI=1S/C17H12N2/c1-2-7-14-13(5-1)6-3-8-15(14)16-9-4-10-17-18-11-12-19(16)17/h1-12H. The maximum atomic E-state index is 4.35. The fraction of sp³-hybridized carbons (Fsp3) is 0. The summed E-state index contributed by atoms with van der Waals surface area (Å²) in [5.74, 6) is 0. The lowest BCUT2D eigenvalue weighted by Crippen LogP contribution is -1.91. The van der Waals surface area contributed by atoms with Crippen molar-refractivity contribution in [1.29, 1.82) is 0 Å². The Hall–Kier alpha value is -2.61. The zero-order valence-electron chi connectivity index (χ0n) is 10.3. The van der Waals surface area contributed by atoms with Crippen LogP contribution in [0, 0.1) is 0 Å². The van der Waals surface area contributed by atoms with Crippen molar-refractivity contribution in [2.45, 2.75) is 0 Å². The zero-order valence-corrected chi connectivity index (χ0v) is 10.3. The summed E-state index contributed by atoms with van der Waals surface area (Å²) in [6, 6.07) is 21.1. The summed E-state index contributed by atoms with van der Waals surface area (Å²) in [5.41, 5.74) is 3.39. The second-order valence-electron chi connectivity index (χ2n) is 4.59. The summed E-state index contributed by atoms with van der Waals surface area (Å²) in [6.07, 6.45) is 3.84. The molecule has 90 valence electrons. The van der Waals surface area contributed by atoms with Crippen LogP contribution in [0.2, 0.25) is 0 Å². The molecule has 2 aromatic carbocycles. The third-order valence-corrected chi connectivity index (χ3v) is 3.49. The van der Waals surface area contributed by atoms with Crippen LogP contribution < -0.4 is 0 Å². The molecule has 0 saturated carbocycles.